The molecule has 0 aliphatic carbocycles. The van der Waals surface area contributed by atoms with E-state index in [-0.39, 0.29) is 29.5 Å². The van der Waals surface area contributed by atoms with Gasteiger partial charge in [-0.3, -0.25) is 4.79 Å². The van der Waals surface area contributed by atoms with Gasteiger partial charge in [0.15, 0.2) is 0 Å². The Morgan fingerprint density at radius 2 is 2.26 bits per heavy atom. The Bertz CT molecular complexity index is 447. The van der Waals surface area contributed by atoms with E-state index in [1.807, 2.05) is 13.0 Å². The fourth-order valence-corrected chi connectivity index (χ4v) is 2.44. The number of carbonyl (C=O) groups excluding carboxylic acids is 1. The first-order valence-corrected chi connectivity index (χ1v) is 6.22. The zero-order valence-corrected chi connectivity index (χ0v) is 12.1. The molecule has 1 fully saturated rings. The summed E-state index contributed by atoms with van der Waals surface area (Å²) in [6.45, 7) is 4.04. The maximum absolute atomic E-state index is 13.1. The van der Waals surface area contributed by atoms with Gasteiger partial charge in [-0.2, -0.15) is 0 Å². The van der Waals surface area contributed by atoms with E-state index in [0.29, 0.717) is 6.54 Å². The molecule has 1 aromatic rings. The molecule has 1 amide bonds. The number of nitrogens with zero attached hydrogens (tertiary/aromatic N) is 1. The molecule has 1 N–H and O–H groups in total. The summed E-state index contributed by atoms with van der Waals surface area (Å²) >= 11 is 0. The molecule has 0 spiro atoms. The van der Waals surface area contributed by atoms with Crippen molar-refractivity contribution in [1.82, 2.24) is 10.2 Å². The quantitative estimate of drug-likeness (QED) is 0.924. The van der Waals surface area contributed by atoms with Crippen molar-refractivity contribution in [2.45, 2.75) is 19.9 Å². The second-order valence-electron chi connectivity index (χ2n) is 5.28. The van der Waals surface area contributed by atoms with Crippen LogP contribution in [0.4, 0.5) is 4.39 Å². The van der Waals surface area contributed by atoms with Gasteiger partial charge in [0.1, 0.15) is 5.82 Å². The van der Waals surface area contributed by atoms with Gasteiger partial charge in [0, 0.05) is 20.1 Å². The predicted molar refractivity (Wildman–Crippen MR) is 75.7 cm³/mol. The van der Waals surface area contributed by atoms with Gasteiger partial charge in [-0.15, -0.1) is 12.4 Å². The zero-order chi connectivity index (χ0) is 13.2. The lowest BCUT2D eigenvalue weighted by Crippen LogP contribution is -2.41. The number of hydrogen-bond donors (Lipinski definition) is 1. The van der Waals surface area contributed by atoms with Crippen LogP contribution in [0.15, 0.2) is 24.3 Å². The predicted octanol–water partition coefficient (Wildman–Crippen LogP) is 2.21. The minimum Gasteiger partial charge on any atom is -0.341 e. The molecule has 1 saturated heterocycles. The van der Waals surface area contributed by atoms with Crippen LogP contribution in [0.1, 0.15) is 18.9 Å². The molecule has 1 aliphatic heterocycles. The van der Waals surface area contributed by atoms with Crippen LogP contribution in [0.5, 0.6) is 0 Å². The first-order valence-electron chi connectivity index (χ1n) is 6.22. The SMILES string of the molecule is CN(Cc1cccc(F)c1)C(=O)C1(C)CCNC1.Cl. The van der Waals surface area contributed by atoms with E-state index in [1.165, 1.54) is 12.1 Å². The summed E-state index contributed by atoms with van der Waals surface area (Å²) in [6.07, 6.45) is 0.860. The second-order valence-corrected chi connectivity index (χ2v) is 5.28. The highest BCUT2D eigenvalue weighted by Crippen LogP contribution is 2.27. The summed E-state index contributed by atoms with van der Waals surface area (Å²) in [6, 6.07) is 6.39. The number of carbonyl (C=O) groups is 1. The van der Waals surface area contributed by atoms with Crippen molar-refractivity contribution in [2.24, 2.45) is 5.41 Å². The molecule has 5 heteroatoms. The fraction of sp³-hybridized carbons (Fsp3) is 0.500. The van der Waals surface area contributed by atoms with E-state index in [0.717, 1.165) is 25.1 Å². The highest BCUT2D eigenvalue weighted by atomic mass is 35.5. The summed E-state index contributed by atoms with van der Waals surface area (Å²) in [7, 11) is 1.77. The first kappa shape index (κ1) is 15.9. The Labute approximate surface area is 119 Å². The summed E-state index contributed by atoms with van der Waals surface area (Å²) < 4.78 is 13.1. The minimum atomic E-state index is -0.317. The van der Waals surface area contributed by atoms with Crippen molar-refractivity contribution >= 4 is 18.3 Å². The number of benzene rings is 1. The van der Waals surface area contributed by atoms with Crippen LogP contribution in [0.25, 0.3) is 0 Å². The van der Waals surface area contributed by atoms with Crippen LogP contribution < -0.4 is 5.32 Å². The van der Waals surface area contributed by atoms with E-state index < -0.39 is 0 Å². The van der Waals surface area contributed by atoms with E-state index in [4.69, 9.17) is 0 Å². The van der Waals surface area contributed by atoms with Gasteiger partial charge in [-0.25, -0.2) is 4.39 Å². The van der Waals surface area contributed by atoms with Crippen molar-refractivity contribution in [3.63, 3.8) is 0 Å². The normalized spacial score (nSPS) is 21.8. The molecule has 106 valence electrons. The van der Waals surface area contributed by atoms with Gasteiger partial charge in [-0.1, -0.05) is 12.1 Å². The van der Waals surface area contributed by atoms with Crippen molar-refractivity contribution in [2.75, 3.05) is 20.1 Å². The molecule has 0 saturated carbocycles. The average molecular weight is 287 g/mol. The van der Waals surface area contributed by atoms with Crippen LogP contribution in [0.3, 0.4) is 0 Å². The fourth-order valence-electron chi connectivity index (χ4n) is 2.44. The first-order chi connectivity index (χ1) is 8.51. The average Bonchev–Trinajstić information content (AvgIpc) is 2.76. The van der Waals surface area contributed by atoms with Crippen molar-refractivity contribution in [1.29, 1.82) is 0 Å². The summed E-state index contributed by atoms with van der Waals surface area (Å²) in [4.78, 5) is 14.0. The minimum absolute atomic E-state index is 0. The number of rotatable bonds is 3. The van der Waals surface area contributed by atoms with E-state index in [2.05, 4.69) is 5.32 Å². The lowest BCUT2D eigenvalue weighted by Gasteiger charge is -2.28. The zero-order valence-electron chi connectivity index (χ0n) is 11.3. The number of amides is 1. The maximum Gasteiger partial charge on any atom is 0.229 e. The molecule has 1 unspecified atom stereocenters. The smallest absolute Gasteiger partial charge is 0.229 e. The topological polar surface area (TPSA) is 32.3 Å². The second kappa shape index (κ2) is 6.35. The van der Waals surface area contributed by atoms with Crippen LogP contribution >= 0.6 is 12.4 Å². The molecule has 0 aromatic heterocycles. The van der Waals surface area contributed by atoms with Crippen LogP contribution in [0, 0.1) is 11.2 Å². The highest BCUT2D eigenvalue weighted by molar-refractivity contribution is 5.85. The molecule has 1 atom stereocenters. The third-order valence-corrected chi connectivity index (χ3v) is 3.54. The van der Waals surface area contributed by atoms with Crippen LogP contribution in [-0.4, -0.2) is 30.9 Å². The third-order valence-electron chi connectivity index (χ3n) is 3.54. The van der Waals surface area contributed by atoms with Crippen LogP contribution in [0.2, 0.25) is 0 Å². The molecule has 0 bridgehead atoms. The van der Waals surface area contributed by atoms with Crippen LogP contribution in [-0.2, 0) is 11.3 Å². The van der Waals surface area contributed by atoms with Crippen molar-refractivity contribution < 1.29 is 9.18 Å². The summed E-state index contributed by atoms with van der Waals surface area (Å²) in [5.41, 5.74) is 0.502. The largest absolute Gasteiger partial charge is 0.341 e. The Balaban J connectivity index is 0.00000180. The van der Waals surface area contributed by atoms with E-state index in [1.54, 1.807) is 18.0 Å². The van der Waals surface area contributed by atoms with Gasteiger partial charge >= 0.3 is 0 Å². The molecule has 19 heavy (non-hydrogen) atoms. The molecule has 0 radical (unpaired) electrons. The van der Waals surface area contributed by atoms with Gasteiger partial charge in [-0.05, 0) is 37.6 Å². The molecule has 1 heterocycles. The monoisotopic (exact) mass is 286 g/mol. The summed E-state index contributed by atoms with van der Waals surface area (Å²) in [5, 5.41) is 3.21. The lowest BCUT2D eigenvalue weighted by atomic mass is 9.88. The number of nitrogens with one attached hydrogen (secondary N) is 1. The standard InChI is InChI=1S/C14H19FN2O.ClH/c1-14(6-7-16-10-14)13(18)17(2)9-11-4-3-5-12(15)8-11;/h3-5,8,16H,6-7,9-10H2,1-2H3;1H. The van der Waals surface area contributed by atoms with E-state index in [9.17, 15) is 9.18 Å². The van der Waals surface area contributed by atoms with E-state index >= 15 is 0 Å². The molecule has 2 rings (SSSR count). The highest BCUT2D eigenvalue weighted by Gasteiger charge is 2.38. The third kappa shape index (κ3) is 3.67. The van der Waals surface area contributed by atoms with Gasteiger partial charge in [0.2, 0.25) is 5.91 Å². The lowest BCUT2D eigenvalue weighted by molar-refractivity contribution is -0.139. The van der Waals surface area contributed by atoms with Gasteiger partial charge in [0.25, 0.3) is 0 Å². The van der Waals surface area contributed by atoms with Crippen molar-refractivity contribution in [3.8, 4) is 0 Å². The molecule has 1 aliphatic rings. The van der Waals surface area contributed by atoms with Gasteiger partial charge < -0.3 is 10.2 Å². The molecule has 3 nitrogen and oxygen atoms in total. The van der Waals surface area contributed by atoms with Gasteiger partial charge in [0.05, 0.1) is 5.41 Å². The molecular weight excluding hydrogens is 267 g/mol. The van der Waals surface area contributed by atoms with Crippen molar-refractivity contribution in [3.05, 3.63) is 35.6 Å². The summed E-state index contributed by atoms with van der Waals surface area (Å²) in [5.74, 6) is -0.140. The molecule has 1 aromatic carbocycles. The Hall–Kier alpha value is -1.13. The Kier molecular flexibility index (Phi) is 5.32. The maximum atomic E-state index is 13.1. The Morgan fingerprint density at radius 1 is 1.53 bits per heavy atom. The Morgan fingerprint density at radius 3 is 2.84 bits per heavy atom. The number of halogens is 2. The molecular formula is C14H20ClFN2O. The number of hydrogen-bond acceptors (Lipinski definition) is 2.